The van der Waals surface area contributed by atoms with Crippen molar-refractivity contribution in [2.75, 3.05) is 26.2 Å². The van der Waals surface area contributed by atoms with Gasteiger partial charge < -0.3 is 10.2 Å². The lowest BCUT2D eigenvalue weighted by atomic mass is 9.82. The van der Waals surface area contributed by atoms with Gasteiger partial charge in [0.2, 0.25) is 11.8 Å². The lowest BCUT2D eigenvalue weighted by Crippen LogP contribution is -2.57. The number of carbonyl (C=O) groups excluding carboxylic acids is 2. The smallest absolute Gasteiger partial charge is 0.245 e. The normalized spacial score (nSPS) is 19.0. The highest BCUT2D eigenvalue weighted by Gasteiger charge is 2.33. The number of nitrogens with one attached hydrogen (secondary N) is 1. The Hall–Kier alpha value is -2.37. The van der Waals surface area contributed by atoms with E-state index in [1.165, 1.54) is 49.7 Å². The Bertz CT molecular complexity index is 1110. The number of hydrogen-bond acceptors (Lipinski definition) is 3. The van der Waals surface area contributed by atoms with Crippen LogP contribution < -0.4 is 5.32 Å². The maximum atomic E-state index is 13.9. The number of piperazine rings is 1. The average molecular weight is 580 g/mol. The van der Waals surface area contributed by atoms with Gasteiger partial charge in [0, 0.05) is 50.1 Å². The van der Waals surface area contributed by atoms with E-state index in [1.807, 2.05) is 35.2 Å². The summed E-state index contributed by atoms with van der Waals surface area (Å²) in [6.45, 7) is 9.86. The lowest BCUT2D eigenvalue weighted by molar-refractivity contribution is -0.138. The van der Waals surface area contributed by atoms with E-state index in [0.717, 1.165) is 50.5 Å². The van der Waals surface area contributed by atoms with Crippen LogP contribution in [0.1, 0.15) is 94.7 Å². The Morgan fingerprint density at radius 2 is 1.63 bits per heavy atom. The summed E-state index contributed by atoms with van der Waals surface area (Å²) in [6, 6.07) is 16.0. The van der Waals surface area contributed by atoms with Gasteiger partial charge in [0.1, 0.15) is 6.04 Å². The van der Waals surface area contributed by atoms with Crippen LogP contribution in [-0.2, 0) is 22.4 Å². The summed E-state index contributed by atoms with van der Waals surface area (Å²) >= 11 is 6.13. The highest BCUT2D eigenvalue weighted by Crippen LogP contribution is 2.31. The second-order valence-electron chi connectivity index (χ2n) is 12.2. The number of rotatable bonds is 12. The van der Waals surface area contributed by atoms with Crippen LogP contribution in [0.2, 0.25) is 5.02 Å². The van der Waals surface area contributed by atoms with Crippen molar-refractivity contribution in [1.82, 2.24) is 15.1 Å². The van der Waals surface area contributed by atoms with Gasteiger partial charge >= 0.3 is 0 Å². The number of halogens is 1. The molecular formula is C35H50ClN3O2. The molecule has 1 aliphatic carbocycles. The zero-order valence-electron chi connectivity index (χ0n) is 25.4. The molecule has 2 aromatic rings. The van der Waals surface area contributed by atoms with E-state index in [2.05, 4.69) is 49.2 Å². The lowest BCUT2D eigenvalue weighted by Gasteiger charge is -2.43. The molecule has 0 bridgehead atoms. The summed E-state index contributed by atoms with van der Waals surface area (Å²) in [7, 11) is 0. The summed E-state index contributed by atoms with van der Waals surface area (Å²) in [5, 5.41) is 3.82. The Kier molecular flexibility index (Phi) is 12.1. The second kappa shape index (κ2) is 15.7. The zero-order valence-corrected chi connectivity index (χ0v) is 26.2. The van der Waals surface area contributed by atoms with Crippen LogP contribution >= 0.6 is 11.6 Å². The van der Waals surface area contributed by atoms with Crippen molar-refractivity contribution in [2.24, 2.45) is 5.92 Å². The molecule has 224 valence electrons. The van der Waals surface area contributed by atoms with Crippen molar-refractivity contribution in [1.29, 1.82) is 0 Å². The Balaban J connectivity index is 1.41. The zero-order chi connectivity index (χ0) is 29.2. The number of hydrogen-bond donors (Lipinski definition) is 1. The summed E-state index contributed by atoms with van der Waals surface area (Å²) in [5.41, 5.74) is 3.53. The number of carbonyl (C=O) groups is 2. The van der Waals surface area contributed by atoms with Crippen molar-refractivity contribution in [3.05, 3.63) is 70.2 Å². The minimum Gasteiger partial charge on any atom is -0.344 e. The first-order valence-electron chi connectivity index (χ1n) is 16.0. The Morgan fingerprint density at radius 1 is 0.951 bits per heavy atom. The maximum Gasteiger partial charge on any atom is 0.245 e. The van der Waals surface area contributed by atoms with E-state index in [9.17, 15) is 9.59 Å². The van der Waals surface area contributed by atoms with Crippen LogP contribution in [0.5, 0.6) is 0 Å². The van der Waals surface area contributed by atoms with Crippen LogP contribution in [0, 0.1) is 5.92 Å². The summed E-state index contributed by atoms with van der Waals surface area (Å²) in [5.74, 6) is 0.825. The maximum absolute atomic E-state index is 13.9. The van der Waals surface area contributed by atoms with E-state index in [1.54, 1.807) is 0 Å². The van der Waals surface area contributed by atoms with Crippen molar-refractivity contribution < 1.29 is 9.59 Å². The molecule has 0 spiro atoms. The highest BCUT2D eigenvalue weighted by atomic mass is 35.5. The third-order valence-corrected chi connectivity index (χ3v) is 9.54. The molecule has 1 saturated carbocycles. The quantitative estimate of drug-likeness (QED) is 0.294. The fraction of sp³-hybridized carbons (Fsp3) is 0.600. The van der Waals surface area contributed by atoms with Crippen molar-refractivity contribution in [3.63, 3.8) is 0 Å². The summed E-state index contributed by atoms with van der Waals surface area (Å²) in [4.78, 5) is 31.9. The molecule has 2 amide bonds. The molecule has 1 aliphatic heterocycles. The molecule has 0 radical (unpaired) electrons. The molecule has 1 N–H and O–H groups in total. The van der Waals surface area contributed by atoms with E-state index < -0.39 is 6.04 Å². The fourth-order valence-corrected chi connectivity index (χ4v) is 7.24. The molecule has 41 heavy (non-hydrogen) atoms. The van der Waals surface area contributed by atoms with Gasteiger partial charge in [-0.15, -0.1) is 0 Å². The Morgan fingerprint density at radius 3 is 2.29 bits per heavy atom. The van der Waals surface area contributed by atoms with Gasteiger partial charge in [-0.3, -0.25) is 14.5 Å². The van der Waals surface area contributed by atoms with Gasteiger partial charge in [0.15, 0.2) is 0 Å². The molecule has 2 aromatic carbocycles. The SMILES string of the molecule is CCCc1ccccc1C(C)CC(=O)NC(Cc1ccc(Cl)cc1)C(=O)N1CCN(C(CC)C2CCCCC2)CC1. The molecule has 3 unspecified atom stereocenters. The Labute approximate surface area is 253 Å². The monoisotopic (exact) mass is 579 g/mol. The molecule has 2 fully saturated rings. The van der Waals surface area contributed by atoms with Crippen LogP contribution in [0.4, 0.5) is 0 Å². The first-order chi connectivity index (χ1) is 19.9. The third-order valence-electron chi connectivity index (χ3n) is 9.29. The molecule has 2 aliphatic rings. The molecule has 5 nitrogen and oxygen atoms in total. The van der Waals surface area contributed by atoms with Gasteiger partial charge in [-0.05, 0) is 66.3 Å². The average Bonchev–Trinajstić information content (AvgIpc) is 2.99. The number of nitrogens with zero attached hydrogens (tertiary/aromatic N) is 2. The second-order valence-corrected chi connectivity index (χ2v) is 12.7. The van der Waals surface area contributed by atoms with Crippen molar-refractivity contribution >= 4 is 23.4 Å². The summed E-state index contributed by atoms with van der Waals surface area (Å²) < 4.78 is 0. The topological polar surface area (TPSA) is 52.7 Å². The first kappa shape index (κ1) is 31.6. The van der Waals surface area contributed by atoms with E-state index in [0.29, 0.717) is 23.9 Å². The van der Waals surface area contributed by atoms with Gasteiger partial charge in [0.05, 0.1) is 0 Å². The van der Waals surface area contributed by atoms with Crippen LogP contribution in [0.15, 0.2) is 48.5 Å². The predicted octanol–water partition coefficient (Wildman–Crippen LogP) is 7.02. The molecule has 6 heteroatoms. The van der Waals surface area contributed by atoms with Crippen LogP contribution in [-0.4, -0.2) is 59.9 Å². The third kappa shape index (κ3) is 8.81. The molecule has 1 heterocycles. The van der Waals surface area contributed by atoms with Crippen LogP contribution in [0.25, 0.3) is 0 Å². The number of benzene rings is 2. The number of amides is 2. The standard InChI is InChI=1S/C35H50ClN3O2/c1-4-11-28-12-9-10-15-31(28)26(3)24-34(40)37-32(25-27-16-18-30(36)19-17-27)35(41)39-22-20-38(21-23-39)33(5-2)29-13-7-6-8-14-29/h9-10,12,15-19,26,29,32-33H,4-8,11,13-14,20-25H2,1-3H3,(H,37,40). The molecular weight excluding hydrogens is 530 g/mol. The van der Waals surface area contributed by atoms with Crippen LogP contribution in [0.3, 0.4) is 0 Å². The fourth-order valence-electron chi connectivity index (χ4n) is 7.11. The molecule has 3 atom stereocenters. The van der Waals surface area contributed by atoms with Gasteiger partial charge in [0.25, 0.3) is 0 Å². The molecule has 1 saturated heterocycles. The van der Waals surface area contributed by atoms with Gasteiger partial charge in [-0.25, -0.2) is 0 Å². The first-order valence-corrected chi connectivity index (χ1v) is 16.4. The molecule has 0 aromatic heterocycles. The van der Waals surface area contributed by atoms with Gasteiger partial charge in [-0.2, -0.15) is 0 Å². The van der Waals surface area contributed by atoms with E-state index >= 15 is 0 Å². The summed E-state index contributed by atoms with van der Waals surface area (Å²) in [6.07, 6.45) is 10.8. The van der Waals surface area contributed by atoms with E-state index in [4.69, 9.17) is 11.6 Å². The molecule has 4 rings (SSSR count). The largest absolute Gasteiger partial charge is 0.344 e. The van der Waals surface area contributed by atoms with E-state index in [-0.39, 0.29) is 17.7 Å². The number of aryl methyl sites for hydroxylation is 1. The van der Waals surface area contributed by atoms with Gasteiger partial charge in [-0.1, -0.05) is 94.5 Å². The minimum atomic E-state index is -0.589. The minimum absolute atomic E-state index is 0.0256. The highest BCUT2D eigenvalue weighted by molar-refractivity contribution is 6.30. The van der Waals surface area contributed by atoms with Crippen molar-refractivity contribution in [2.45, 2.75) is 103 Å². The van der Waals surface area contributed by atoms with Crippen molar-refractivity contribution in [3.8, 4) is 0 Å². The predicted molar refractivity (Wildman–Crippen MR) is 169 cm³/mol.